The van der Waals surface area contributed by atoms with Crippen molar-refractivity contribution in [1.29, 1.82) is 5.26 Å². The van der Waals surface area contributed by atoms with Gasteiger partial charge in [0.05, 0.1) is 11.6 Å². The van der Waals surface area contributed by atoms with E-state index in [9.17, 15) is 14.0 Å². The van der Waals surface area contributed by atoms with Crippen molar-refractivity contribution in [3.05, 3.63) is 59.9 Å². The molecule has 0 bridgehead atoms. The highest BCUT2D eigenvalue weighted by Crippen LogP contribution is 2.14. The number of nitrogens with zero attached hydrogens (tertiary/aromatic N) is 1. The van der Waals surface area contributed by atoms with Gasteiger partial charge in [-0.1, -0.05) is 12.1 Å². The number of rotatable bonds is 6. The molecule has 2 aromatic carbocycles. The number of halogens is 1. The Hall–Kier alpha value is -3.60. The van der Waals surface area contributed by atoms with Gasteiger partial charge in [-0.3, -0.25) is 20.4 Å². The van der Waals surface area contributed by atoms with Crippen LogP contribution in [0.1, 0.15) is 5.56 Å². The summed E-state index contributed by atoms with van der Waals surface area (Å²) in [6.07, 6.45) is 0. The molecule has 2 rings (SSSR count). The van der Waals surface area contributed by atoms with E-state index in [1.807, 2.05) is 6.07 Å². The van der Waals surface area contributed by atoms with Crippen LogP contribution in [0.4, 0.5) is 4.39 Å². The molecule has 2 amide bonds. The summed E-state index contributed by atoms with van der Waals surface area (Å²) in [5, 5.41) is 8.67. The molecule has 8 heteroatoms. The summed E-state index contributed by atoms with van der Waals surface area (Å²) in [7, 11) is 0. The summed E-state index contributed by atoms with van der Waals surface area (Å²) < 4.78 is 23.5. The maximum atomic E-state index is 13.3. The monoisotopic (exact) mass is 343 g/mol. The van der Waals surface area contributed by atoms with Gasteiger partial charge in [0.15, 0.2) is 24.8 Å². The molecule has 0 saturated carbocycles. The van der Waals surface area contributed by atoms with Crippen LogP contribution in [-0.4, -0.2) is 25.0 Å². The van der Waals surface area contributed by atoms with Gasteiger partial charge in [0.25, 0.3) is 11.8 Å². The van der Waals surface area contributed by atoms with Gasteiger partial charge in [-0.2, -0.15) is 5.26 Å². The number of para-hydroxylation sites is 1. The van der Waals surface area contributed by atoms with Crippen LogP contribution < -0.4 is 20.3 Å². The minimum atomic E-state index is -0.657. The number of carbonyl (C=O) groups excluding carboxylic acids is 2. The molecule has 0 unspecified atom stereocenters. The third-order valence-electron chi connectivity index (χ3n) is 2.89. The Balaban J connectivity index is 1.67. The Morgan fingerprint density at radius 1 is 0.960 bits per heavy atom. The van der Waals surface area contributed by atoms with Crippen LogP contribution in [-0.2, 0) is 9.59 Å². The lowest BCUT2D eigenvalue weighted by molar-refractivity contribution is -0.131. The first-order chi connectivity index (χ1) is 12.1. The van der Waals surface area contributed by atoms with E-state index in [0.717, 1.165) is 0 Å². The molecule has 0 aliphatic carbocycles. The van der Waals surface area contributed by atoms with Gasteiger partial charge in [0.2, 0.25) is 0 Å². The van der Waals surface area contributed by atoms with Crippen LogP contribution in [0, 0.1) is 17.1 Å². The summed E-state index contributed by atoms with van der Waals surface area (Å²) in [6.45, 7) is -0.794. The van der Waals surface area contributed by atoms with Crippen molar-refractivity contribution in [2.45, 2.75) is 0 Å². The lowest BCUT2D eigenvalue weighted by atomic mass is 10.2. The zero-order chi connectivity index (χ0) is 18.1. The molecule has 7 nitrogen and oxygen atoms in total. The van der Waals surface area contributed by atoms with Gasteiger partial charge < -0.3 is 9.47 Å². The quantitative estimate of drug-likeness (QED) is 0.770. The first-order valence-corrected chi connectivity index (χ1v) is 7.16. The van der Waals surface area contributed by atoms with E-state index in [1.165, 1.54) is 18.2 Å². The van der Waals surface area contributed by atoms with Crippen molar-refractivity contribution in [2.24, 2.45) is 0 Å². The first-order valence-electron chi connectivity index (χ1n) is 7.16. The fourth-order valence-electron chi connectivity index (χ4n) is 1.69. The lowest BCUT2D eigenvalue weighted by Gasteiger charge is -2.10. The molecule has 0 aliphatic rings. The van der Waals surface area contributed by atoms with E-state index < -0.39 is 24.2 Å². The number of ether oxygens (including phenoxy) is 2. The van der Waals surface area contributed by atoms with E-state index in [1.54, 1.807) is 30.3 Å². The van der Waals surface area contributed by atoms with Gasteiger partial charge in [-0.25, -0.2) is 4.39 Å². The number of nitriles is 1. The van der Waals surface area contributed by atoms with Crippen molar-refractivity contribution in [3.8, 4) is 17.6 Å². The summed E-state index contributed by atoms with van der Waals surface area (Å²) in [6, 6.07) is 13.8. The van der Waals surface area contributed by atoms with Gasteiger partial charge in [-0.05, 0) is 36.4 Å². The van der Waals surface area contributed by atoms with Crippen LogP contribution in [0.3, 0.4) is 0 Å². The molecule has 2 N–H and O–H groups in total. The Labute approximate surface area is 142 Å². The second-order valence-electron chi connectivity index (χ2n) is 4.74. The Morgan fingerprint density at radius 2 is 1.56 bits per heavy atom. The Morgan fingerprint density at radius 3 is 2.16 bits per heavy atom. The number of benzene rings is 2. The smallest absolute Gasteiger partial charge is 0.276 e. The molecular weight excluding hydrogens is 329 g/mol. The molecule has 0 heterocycles. The van der Waals surface area contributed by atoms with E-state index in [2.05, 4.69) is 10.9 Å². The summed E-state index contributed by atoms with van der Waals surface area (Å²) in [5.74, 6) is -1.50. The maximum absolute atomic E-state index is 13.3. The van der Waals surface area contributed by atoms with Crippen LogP contribution in [0.25, 0.3) is 0 Å². The highest BCUT2D eigenvalue weighted by molar-refractivity contribution is 5.83. The normalized spacial score (nSPS) is 9.60. The summed E-state index contributed by atoms with van der Waals surface area (Å²) >= 11 is 0. The van der Waals surface area contributed by atoms with E-state index in [4.69, 9.17) is 14.7 Å². The third kappa shape index (κ3) is 5.84. The van der Waals surface area contributed by atoms with Gasteiger partial charge >= 0.3 is 0 Å². The minimum absolute atomic E-state index is 0.0619. The van der Waals surface area contributed by atoms with Crippen LogP contribution in [0.15, 0.2) is 48.5 Å². The lowest BCUT2D eigenvalue weighted by Crippen LogP contribution is -2.45. The number of hydrazine groups is 1. The fraction of sp³-hybridized carbons (Fsp3) is 0.118. The van der Waals surface area contributed by atoms with Gasteiger partial charge in [0.1, 0.15) is 5.75 Å². The molecule has 128 valence electrons. The first kappa shape index (κ1) is 17.7. The third-order valence-corrected chi connectivity index (χ3v) is 2.89. The number of amides is 2. The Bertz CT molecular complexity index is 787. The van der Waals surface area contributed by atoms with Crippen molar-refractivity contribution in [1.82, 2.24) is 10.9 Å². The largest absolute Gasteiger partial charge is 0.484 e. The zero-order valence-electron chi connectivity index (χ0n) is 13.0. The minimum Gasteiger partial charge on any atom is -0.484 e. The molecule has 2 aromatic rings. The van der Waals surface area contributed by atoms with Crippen LogP contribution in [0.5, 0.6) is 11.5 Å². The SMILES string of the molecule is N#Cc1ccc(OCC(=O)NNC(=O)COc2ccccc2F)cc1. The molecule has 0 radical (unpaired) electrons. The second-order valence-corrected chi connectivity index (χ2v) is 4.74. The number of hydrogen-bond acceptors (Lipinski definition) is 5. The zero-order valence-corrected chi connectivity index (χ0v) is 13.0. The molecule has 0 spiro atoms. The predicted octanol–water partition coefficient (Wildman–Crippen LogP) is 1.30. The molecule has 0 aliphatic heterocycles. The molecule has 0 aromatic heterocycles. The van der Waals surface area contributed by atoms with Crippen molar-refractivity contribution < 1.29 is 23.5 Å². The highest BCUT2D eigenvalue weighted by Gasteiger charge is 2.08. The van der Waals surface area contributed by atoms with E-state index >= 15 is 0 Å². The number of carbonyl (C=O) groups is 2. The van der Waals surface area contributed by atoms with Crippen molar-refractivity contribution >= 4 is 11.8 Å². The van der Waals surface area contributed by atoms with Crippen LogP contribution in [0.2, 0.25) is 0 Å². The standard InChI is InChI=1S/C17H14FN3O4/c18-14-3-1-2-4-15(14)25-11-17(23)21-20-16(22)10-24-13-7-5-12(9-19)6-8-13/h1-8H,10-11H2,(H,20,22)(H,21,23). The highest BCUT2D eigenvalue weighted by atomic mass is 19.1. The van der Waals surface area contributed by atoms with Crippen molar-refractivity contribution in [2.75, 3.05) is 13.2 Å². The molecular formula is C17H14FN3O4. The van der Waals surface area contributed by atoms with Gasteiger partial charge in [-0.15, -0.1) is 0 Å². The molecule has 25 heavy (non-hydrogen) atoms. The molecule has 0 atom stereocenters. The number of hydrogen-bond donors (Lipinski definition) is 2. The topological polar surface area (TPSA) is 100 Å². The number of nitrogens with one attached hydrogen (secondary N) is 2. The maximum Gasteiger partial charge on any atom is 0.276 e. The Kier molecular flexibility index (Phi) is 6.31. The predicted molar refractivity (Wildman–Crippen MR) is 84.8 cm³/mol. The van der Waals surface area contributed by atoms with E-state index in [-0.39, 0.29) is 12.4 Å². The molecule has 0 saturated heterocycles. The van der Waals surface area contributed by atoms with E-state index in [0.29, 0.717) is 11.3 Å². The van der Waals surface area contributed by atoms with Crippen LogP contribution >= 0.6 is 0 Å². The molecule has 0 fully saturated rings. The summed E-state index contributed by atoms with van der Waals surface area (Å²) in [4.78, 5) is 23.1. The summed E-state index contributed by atoms with van der Waals surface area (Å²) in [5.41, 5.74) is 4.73. The van der Waals surface area contributed by atoms with Gasteiger partial charge in [0, 0.05) is 0 Å². The van der Waals surface area contributed by atoms with Crippen molar-refractivity contribution in [3.63, 3.8) is 0 Å². The fourth-order valence-corrected chi connectivity index (χ4v) is 1.69. The average molecular weight is 343 g/mol. The average Bonchev–Trinajstić information content (AvgIpc) is 2.64. The second kappa shape index (κ2) is 8.88.